The molecule has 14 amide bonds. The van der Waals surface area contributed by atoms with Crippen molar-refractivity contribution in [2.75, 3.05) is 45.8 Å². The summed E-state index contributed by atoms with van der Waals surface area (Å²) in [6, 6.07) is -0.402. The number of guanidine groups is 2. The second-order valence-electron chi connectivity index (χ2n) is 26.5. The molecule has 40 heteroatoms. The second-order valence-corrected chi connectivity index (χ2v) is 26.5. The predicted octanol–water partition coefficient (Wildman–Crippen LogP) is -7.17. The highest BCUT2D eigenvalue weighted by atomic mass is 16.4. The van der Waals surface area contributed by atoms with E-state index in [1.54, 1.807) is 44.2 Å². The van der Waals surface area contributed by atoms with Crippen molar-refractivity contribution < 1.29 is 87.2 Å². The fourth-order valence-corrected chi connectivity index (χ4v) is 10.4. The number of nitrogens with one attached hydrogen (secondary N) is 17. The Morgan fingerprint density at radius 1 is 0.407 bits per heavy atom. The number of aromatic hydroxyl groups is 1. The zero-order valence-electron chi connectivity index (χ0n) is 61.7. The summed E-state index contributed by atoms with van der Waals surface area (Å²) in [5, 5.41) is 82.2. The van der Waals surface area contributed by atoms with Crippen molar-refractivity contribution in [2.45, 2.75) is 192 Å². The third-order valence-electron chi connectivity index (χ3n) is 16.0. The zero-order chi connectivity index (χ0) is 81.2. The highest BCUT2D eigenvalue weighted by Crippen LogP contribution is 2.15. The number of phenolic OH excluding ortho intramolecular Hbond substituents is 1. The van der Waals surface area contributed by atoms with Crippen LogP contribution in [0.15, 0.2) is 54.6 Å². The van der Waals surface area contributed by atoms with Crippen LogP contribution in [0, 0.1) is 22.7 Å². The van der Waals surface area contributed by atoms with Gasteiger partial charge in [0.1, 0.15) is 66.7 Å². The van der Waals surface area contributed by atoms with Crippen molar-refractivity contribution in [3.8, 4) is 5.75 Å². The van der Waals surface area contributed by atoms with Crippen molar-refractivity contribution in [1.82, 2.24) is 79.8 Å². The van der Waals surface area contributed by atoms with Crippen molar-refractivity contribution in [2.24, 2.45) is 40.5 Å². The smallest absolute Gasteiger partial charge is 0.322 e. The first-order valence-electron chi connectivity index (χ1n) is 35.3. The number of hydrogen-bond acceptors (Lipinski definition) is 21. The van der Waals surface area contributed by atoms with Crippen LogP contribution >= 0.6 is 0 Å². The average Bonchev–Trinajstić information content (AvgIpc) is 0.851. The summed E-state index contributed by atoms with van der Waals surface area (Å²) in [6.45, 7) is 6.75. The minimum Gasteiger partial charge on any atom is -0.508 e. The first kappa shape index (κ1) is 92.8. The summed E-state index contributed by atoms with van der Waals surface area (Å²) in [6.07, 6.45) is -2.53. The maximum atomic E-state index is 14.4. The van der Waals surface area contributed by atoms with Crippen LogP contribution in [0.3, 0.4) is 0 Å². The van der Waals surface area contributed by atoms with Gasteiger partial charge in [-0.15, -0.1) is 0 Å². The molecule has 108 heavy (non-hydrogen) atoms. The lowest BCUT2D eigenvalue weighted by molar-refractivity contribution is -0.138. The maximum absolute atomic E-state index is 14.4. The van der Waals surface area contributed by atoms with Crippen LogP contribution in [-0.2, 0) is 84.8 Å². The molecular weight excluding hydrogens is 1410 g/mol. The van der Waals surface area contributed by atoms with E-state index in [9.17, 15) is 82.1 Å². The third-order valence-corrected chi connectivity index (χ3v) is 16.0. The van der Waals surface area contributed by atoms with Crippen LogP contribution in [-0.4, -0.2) is 228 Å². The van der Waals surface area contributed by atoms with Gasteiger partial charge >= 0.3 is 5.97 Å². The highest BCUT2D eigenvalue weighted by Gasteiger charge is 2.36. The highest BCUT2D eigenvalue weighted by molar-refractivity contribution is 5.99. The minimum atomic E-state index is -1.87. The van der Waals surface area contributed by atoms with Crippen LogP contribution in [0.1, 0.15) is 123 Å². The maximum Gasteiger partial charge on any atom is 0.322 e. The lowest BCUT2D eigenvalue weighted by Gasteiger charge is -2.28. The molecule has 0 saturated carbocycles. The molecule has 600 valence electrons. The zero-order valence-corrected chi connectivity index (χ0v) is 61.7. The van der Waals surface area contributed by atoms with E-state index in [-0.39, 0.29) is 95.0 Å². The van der Waals surface area contributed by atoms with E-state index >= 15 is 0 Å². The van der Waals surface area contributed by atoms with E-state index in [1.165, 1.54) is 31.2 Å². The molecule has 2 aromatic rings. The van der Waals surface area contributed by atoms with Gasteiger partial charge in [-0.3, -0.25) is 82.7 Å². The summed E-state index contributed by atoms with van der Waals surface area (Å²) in [5.74, 6) is -15.7. The predicted molar refractivity (Wildman–Crippen MR) is 393 cm³/mol. The Bertz CT molecular complexity index is 3360. The molecule has 0 radical (unpaired) electrons. The standard InChI is InChI=1S/C68H110N22O18/c1-36(2)28-47(87-57(99)38(5)70)64(106)85-44(16-10-11-25-69)61(103)84-45(18-13-27-77-68(74)75)62(104)86-46(23-24-51(71)93)58(100)80-33-53(95)82-43(17-12-26-76-67(72)73)63(105)90-56(39(6)91)66(108)89-48(29-37(3)4)65(107)88-50(31-41-19-21-42(92)22-20-41)60(102)81-34-54(96)83-49(30-40-14-8-7-9-15-40)59(101)79-32-52(94)78-35-55(97)98/h7-9,14-15,19-22,36-39,43-50,56,91-92H,10-13,16-18,23-35,69-70H2,1-6H3,(H2,71,93)(H,78,94)(H,79,101)(H,80,100)(H,81,102)(H,82,95)(H,83,96)(H,84,103)(H,85,106)(H,86,104)(H,87,99)(H,88,107)(H,89,108)(H,90,105)(H,97,98)(H4,72,73,76)(H4,74,75,77)/t38-,39+,43-,44-,45-,46-,47-,48-,49-,50-,56-/m0/s1. The second kappa shape index (κ2) is 49.5. The molecule has 0 spiro atoms. The monoisotopic (exact) mass is 1520 g/mol. The van der Waals surface area contributed by atoms with Crippen molar-refractivity contribution in [3.63, 3.8) is 0 Å². The van der Waals surface area contributed by atoms with Gasteiger partial charge in [0.25, 0.3) is 0 Å². The Morgan fingerprint density at radius 3 is 1.22 bits per heavy atom. The Balaban J connectivity index is 2.44. The van der Waals surface area contributed by atoms with E-state index in [0.717, 1.165) is 6.92 Å². The number of carbonyl (C=O) groups is 15. The van der Waals surface area contributed by atoms with E-state index in [2.05, 4.69) is 79.8 Å². The fourth-order valence-electron chi connectivity index (χ4n) is 10.4. The van der Waals surface area contributed by atoms with Gasteiger partial charge in [0, 0.05) is 32.4 Å². The third kappa shape index (κ3) is 38.6. The summed E-state index contributed by atoms with van der Waals surface area (Å²) in [7, 11) is 0. The van der Waals surface area contributed by atoms with Crippen molar-refractivity contribution in [3.05, 3.63) is 65.7 Å². The van der Waals surface area contributed by atoms with Gasteiger partial charge in [-0.05, 0) is 120 Å². The number of nitrogens with two attached hydrogens (primary N) is 5. The Labute approximate surface area is 625 Å². The largest absolute Gasteiger partial charge is 0.508 e. The number of phenols is 1. The van der Waals surface area contributed by atoms with Crippen LogP contribution in [0.2, 0.25) is 0 Å². The molecule has 0 aliphatic rings. The minimum absolute atomic E-state index is 0.0115. The number of unbranched alkanes of at least 4 members (excludes halogenated alkanes) is 1. The molecule has 0 aliphatic carbocycles. The number of carboxylic acid groups (broad SMARTS) is 1. The molecule has 0 fully saturated rings. The first-order valence-corrected chi connectivity index (χ1v) is 35.3. The summed E-state index contributed by atoms with van der Waals surface area (Å²) >= 11 is 0. The van der Waals surface area contributed by atoms with Crippen molar-refractivity contribution in [1.29, 1.82) is 10.8 Å². The number of aliphatic carboxylic acids is 1. The number of carbonyl (C=O) groups excluding carboxylic acids is 14. The van der Waals surface area contributed by atoms with Gasteiger partial charge in [0.05, 0.1) is 31.8 Å². The van der Waals surface area contributed by atoms with E-state index in [1.807, 2.05) is 13.8 Å². The average molecular weight is 1520 g/mol. The molecule has 40 nitrogen and oxygen atoms in total. The molecule has 0 bridgehead atoms. The van der Waals surface area contributed by atoms with Gasteiger partial charge in [0.2, 0.25) is 82.7 Å². The van der Waals surface area contributed by atoms with Crippen LogP contribution in [0.4, 0.5) is 0 Å². The fraction of sp³-hybridized carbons (Fsp3) is 0.574. The first-order chi connectivity index (χ1) is 50.9. The summed E-state index contributed by atoms with van der Waals surface area (Å²) < 4.78 is 0. The number of amides is 14. The van der Waals surface area contributed by atoms with Gasteiger partial charge in [-0.25, -0.2) is 0 Å². The number of primary amides is 1. The van der Waals surface area contributed by atoms with E-state index in [0.29, 0.717) is 24.0 Å². The lowest BCUT2D eigenvalue weighted by Crippen LogP contribution is -2.61. The number of aliphatic hydroxyl groups is 1. The number of rotatable bonds is 51. The van der Waals surface area contributed by atoms with Crippen LogP contribution in [0.5, 0.6) is 5.75 Å². The lowest BCUT2D eigenvalue weighted by atomic mass is 10.00. The molecular formula is C68H110N22O18. The van der Waals surface area contributed by atoms with Gasteiger partial charge in [0.15, 0.2) is 11.9 Å². The molecule has 2 rings (SSSR count). The summed E-state index contributed by atoms with van der Waals surface area (Å²) in [5.41, 5.74) is 28.9. The SMILES string of the molecule is CC(C)C[C@H](NC(=O)[C@H](C)N)C(=O)N[C@@H](CCCCN)C(=O)N[C@@H](CCCNC(=N)N)C(=O)N[C@@H](CCC(N)=O)C(=O)NCC(=O)N[C@@H](CCCNC(=N)N)C(=O)N[C@H](C(=O)N[C@@H](CC(C)C)C(=O)N[C@@H](Cc1ccc(O)cc1)C(=O)NCC(=O)N[C@@H](Cc1ccccc1)C(=O)NCC(=O)NCC(=O)O)[C@@H](C)O. The molecule has 11 atom stereocenters. The molecule has 30 N–H and O–H groups in total. The Morgan fingerprint density at radius 2 is 0.787 bits per heavy atom. The number of aliphatic hydroxyl groups excluding tert-OH is 1. The van der Waals surface area contributed by atoms with Crippen molar-refractivity contribution >= 4 is 101 Å². The van der Waals surface area contributed by atoms with E-state index < -0.39 is 206 Å². The molecule has 0 aliphatic heterocycles. The molecule has 0 saturated heterocycles. The summed E-state index contributed by atoms with van der Waals surface area (Å²) in [4.78, 5) is 202. The molecule has 0 aromatic heterocycles. The van der Waals surface area contributed by atoms with Gasteiger partial charge < -0.3 is 124 Å². The normalized spacial score (nSPS) is 14.0. The van der Waals surface area contributed by atoms with Gasteiger partial charge in [-0.2, -0.15) is 0 Å². The number of carboxylic acids is 1. The Hall–Kier alpha value is -11.3. The van der Waals surface area contributed by atoms with E-state index in [4.69, 9.17) is 44.6 Å². The van der Waals surface area contributed by atoms with Crippen LogP contribution < -0.4 is 108 Å². The molecule has 0 heterocycles. The van der Waals surface area contributed by atoms with Crippen LogP contribution in [0.25, 0.3) is 0 Å². The molecule has 0 unspecified atom stereocenters. The quantitative estimate of drug-likeness (QED) is 0.0166. The number of hydrogen-bond donors (Lipinski definition) is 25. The number of benzene rings is 2. The Kier molecular flexibility index (Phi) is 42.5. The van der Waals surface area contributed by atoms with Gasteiger partial charge in [-0.1, -0.05) is 70.2 Å². The molecule has 2 aromatic carbocycles. The topological polar surface area (TPSA) is 675 Å².